The Morgan fingerprint density at radius 1 is 0.446 bits per heavy atom. The van der Waals surface area contributed by atoms with E-state index in [1.54, 1.807) is 12.4 Å². The number of benzene rings is 6. The summed E-state index contributed by atoms with van der Waals surface area (Å²) in [4.78, 5) is 19.8. The molecule has 0 saturated carbocycles. The summed E-state index contributed by atoms with van der Waals surface area (Å²) in [5, 5.41) is 13.3. The van der Waals surface area contributed by atoms with Crippen LogP contribution < -0.4 is 0 Å². The van der Waals surface area contributed by atoms with Gasteiger partial charge in [0.2, 0.25) is 0 Å². The van der Waals surface area contributed by atoms with E-state index in [2.05, 4.69) is 160 Å². The smallest absolute Gasteiger partial charge is 0.141 e. The van der Waals surface area contributed by atoms with E-state index in [1.165, 1.54) is 11.1 Å². The van der Waals surface area contributed by atoms with Crippen molar-refractivity contribution in [3.05, 3.63) is 193 Å². The van der Waals surface area contributed by atoms with Crippen molar-refractivity contribution in [3.63, 3.8) is 0 Å². The molecule has 0 bridgehead atoms. The fourth-order valence-electron chi connectivity index (χ4n) is 8.45. The minimum atomic E-state index is -0.0520. The first kappa shape index (κ1) is 43.2. The van der Waals surface area contributed by atoms with Gasteiger partial charge in [-0.15, -0.1) is 24.3 Å². The standard InChI is InChI=1S/C58H48N5O.Pt/c1-57(2,3)43-29-41(30-44(34-43)58(4,5)6)42-31-51(62-52(32-42)47-21-11-13-25-55(47)64)39-19-14-18-38(28-39)48-22-15-23-49(61-48)40-26-27-46-45-20-10-12-24-53(45)63(54(46)33-40)56-35-50(59-36-60-56)37-16-8-7-9-17-37;/h7-27,29-36,64H,1-6H3;/q-1;. The van der Waals surface area contributed by atoms with Crippen molar-refractivity contribution in [2.24, 2.45) is 0 Å². The summed E-state index contributed by atoms with van der Waals surface area (Å²) in [7, 11) is 0. The molecule has 0 unspecified atom stereocenters. The molecule has 0 amide bonds. The molecule has 322 valence electrons. The van der Waals surface area contributed by atoms with Crippen LogP contribution in [0.5, 0.6) is 5.75 Å². The fraction of sp³-hybridized carbons (Fsp3) is 0.138. The van der Waals surface area contributed by atoms with Crippen LogP contribution in [0.3, 0.4) is 0 Å². The first-order chi connectivity index (χ1) is 30.9. The SMILES string of the molecule is CC(C)(C)c1cc(-c2cc(-c3[c-]c(-c4cccc(-c5ccc6c7ccccc7n(-c7cc(-c8ccccc8)ncn7)c6c5)n4)ccc3)nc(-c3ccccc3O)c2)cc(C(C)(C)C)c1.[Pt]. The maximum absolute atomic E-state index is 11.1. The van der Waals surface area contributed by atoms with Crippen LogP contribution >= 0.6 is 0 Å². The van der Waals surface area contributed by atoms with Gasteiger partial charge in [-0.2, -0.15) is 0 Å². The quantitative estimate of drug-likeness (QED) is 0.161. The molecule has 0 aliphatic rings. The van der Waals surface area contributed by atoms with Gasteiger partial charge in [-0.3, -0.25) is 14.5 Å². The van der Waals surface area contributed by atoms with Crippen molar-refractivity contribution in [1.29, 1.82) is 0 Å². The van der Waals surface area contributed by atoms with Gasteiger partial charge in [0.05, 0.1) is 28.1 Å². The van der Waals surface area contributed by atoms with Crippen molar-refractivity contribution in [2.45, 2.75) is 52.4 Å². The van der Waals surface area contributed by atoms with E-state index in [0.29, 0.717) is 11.3 Å². The van der Waals surface area contributed by atoms with E-state index in [1.807, 2.05) is 60.7 Å². The molecule has 7 heteroatoms. The molecule has 0 aliphatic heterocycles. The zero-order chi connectivity index (χ0) is 44.2. The van der Waals surface area contributed by atoms with E-state index in [9.17, 15) is 5.11 Å². The van der Waals surface area contributed by atoms with Gasteiger partial charge in [-0.25, -0.2) is 9.97 Å². The van der Waals surface area contributed by atoms with Gasteiger partial charge in [0, 0.05) is 66.0 Å². The number of hydrogen-bond donors (Lipinski definition) is 1. The average molecular weight is 1030 g/mol. The van der Waals surface area contributed by atoms with Crippen molar-refractivity contribution in [2.75, 3.05) is 0 Å². The minimum Gasteiger partial charge on any atom is -0.507 e. The minimum absolute atomic E-state index is 0. The van der Waals surface area contributed by atoms with Crippen LogP contribution in [-0.2, 0) is 31.9 Å². The molecule has 10 rings (SSSR count). The normalized spacial score (nSPS) is 11.8. The summed E-state index contributed by atoms with van der Waals surface area (Å²) in [6, 6.07) is 61.8. The van der Waals surface area contributed by atoms with Crippen LogP contribution in [0.2, 0.25) is 0 Å². The summed E-state index contributed by atoms with van der Waals surface area (Å²) in [5.74, 6) is 0.980. The number of fused-ring (bicyclic) bond motifs is 3. The predicted octanol–water partition coefficient (Wildman–Crippen LogP) is 14.5. The third-order valence-electron chi connectivity index (χ3n) is 12.0. The van der Waals surface area contributed by atoms with E-state index >= 15 is 0 Å². The van der Waals surface area contributed by atoms with Gasteiger partial charge in [0.15, 0.2) is 0 Å². The van der Waals surface area contributed by atoms with Crippen LogP contribution in [0.1, 0.15) is 52.7 Å². The molecule has 0 aliphatic carbocycles. The molecule has 0 fully saturated rings. The predicted molar refractivity (Wildman–Crippen MR) is 262 cm³/mol. The maximum Gasteiger partial charge on any atom is 0.141 e. The molecule has 6 nitrogen and oxygen atoms in total. The molecule has 0 saturated heterocycles. The largest absolute Gasteiger partial charge is 0.507 e. The fourth-order valence-corrected chi connectivity index (χ4v) is 8.45. The Balaban J connectivity index is 0.00000533. The summed E-state index contributed by atoms with van der Waals surface area (Å²) >= 11 is 0. The molecule has 4 aromatic heterocycles. The molecule has 65 heavy (non-hydrogen) atoms. The molecule has 6 aromatic carbocycles. The van der Waals surface area contributed by atoms with Gasteiger partial charge < -0.3 is 5.11 Å². The number of phenols is 1. The third kappa shape index (κ3) is 8.55. The number of nitrogens with zero attached hydrogens (tertiary/aromatic N) is 5. The molecule has 0 radical (unpaired) electrons. The Bertz CT molecular complexity index is 3350. The van der Waals surface area contributed by atoms with Crippen LogP contribution in [0.4, 0.5) is 0 Å². The van der Waals surface area contributed by atoms with Crippen molar-refractivity contribution in [1.82, 2.24) is 24.5 Å². The van der Waals surface area contributed by atoms with Crippen LogP contribution in [0.15, 0.2) is 176 Å². The first-order valence-corrected chi connectivity index (χ1v) is 21.8. The average Bonchev–Trinajstić information content (AvgIpc) is 3.65. The van der Waals surface area contributed by atoms with Gasteiger partial charge in [-0.1, -0.05) is 162 Å². The Kier molecular flexibility index (Phi) is 11.4. The van der Waals surface area contributed by atoms with Gasteiger partial charge >= 0.3 is 0 Å². The molecule has 0 atom stereocenters. The topological polar surface area (TPSA) is 76.7 Å². The molecule has 10 aromatic rings. The number of phenolic OH excluding ortho intramolecular Hbond substituents is 1. The second-order valence-corrected chi connectivity index (χ2v) is 18.5. The van der Waals surface area contributed by atoms with Gasteiger partial charge in [0.1, 0.15) is 17.9 Å². The summed E-state index contributed by atoms with van der Waals surface area (Å²) in [6.45, 7) is 13.5. The van der Waals surface area contributed by atoms with E-state index in [4.69, 9.17) is 15.0 Å². The molecular weight excluding hydrogens is 978 g/mol. The number of para-hydroxylation sites is 2. The summed E-state index contributed by atoms with van der Waals surface area (Å²) < 4.78 is 2.22. The van der Waals surface area contributed by atoms with Crippen LogP contribution in [0, 0.1) is 6.07 Å². The number of aromatic hydroxyl groups is 1. The second kappa shape index (κ2) is 17.2. The monoisotopic (exact) mass is 1030 g/mol. The Hall–Kier alpha value is -7.01. The first-order valence-electron chi connectivity index (χ1n) is 21.8. The maximum atomic E-state index is 11.1. The third-order valence-corrected chi connectivity index (χ3v) is 12.0. The molecule has 0 spiro atoms. The number of aromatic nitrogens is 5. The van der Waals surface area contributed by atoms with Crippen LogP contribution in [-0.4, -0.2) is 29.6 Å². The van der Waals surface area contributed by atoms with Crippen LogP contribution in [0.25, 0.3) is 95.0 Å². The van der Waals surface area contributed by atoms with E-state index < -0.39 is 0 Å². The van der Waals surface area contributed by atoms with E-state index in [-0.39, 0.29) is 37.6 Å². The Morgan fingerprint density at radius 2 is 1.06 bits per heavy atom. The number of rotatable bonds is 7. The van der Waals surface area contributed by atoms with Gasteiger partial charge in [-0.05, 0) is 69.5 Å². The van der Waals surface area contributed by atoms with Crippen molar-refractivity contribution >= 4 is 21.8 Å². The second-order valence-electron chi connectivity index (χ2n) is 18.5. The summed E-state index contributed by atoms with van der Waals surface area (Å²) in [6.07, 6.45) is 1.64. The molecule has 4 heterocycles. The van der Waals surface area contributed by atoms with E-state index in [0.717, 1.165) is 83.8 Å². The van der Waals surface area contributed by atoms with Gasteiger partial charge in [0.25, 0.3) is 0 Å². The molecule has 1 N–H and O–H groups in total. The molecular formula is C58H48N5OPt-. The Labute approximate surface area is 395 Å². The zero-order valence-corrected chi connectivity index (χ0v) is 39.5. The Morgan fingerprint density at radius 3 is 1.82 bits per heavy atom. The summed E-state index contributed by atoms with van der Waals surface area (Å²) in [5.41, 5.74) is 15.0. The number of pyridine rings is 2. The zero-order valence-electron chi connectivity index (χ0n) is 37.2. The number of hydrogen-bond acceptors (Lipinski definition) is 5. The van der Waals surface area contributed by atoms with Crippen molar-refractivity contribution in [3.8, 4) is 79.0 Å². The van der Waals surface area contributed by atoms with Crippen molar-refractivity contribution < 1.29 is 26.2 Å².